The van der Waals surface area contributed by atoms with Crippen LogP contribution in [0.4, 0.5) is 9.59 Å². The molecular formula is C40H38O8S2. The van der Waals surface area contributed by atoms with E-state index in [2.05, 4.69) is 0 Å². The van der Waals surface area contributed by atoms with Gasteiger partial charge in [0.05, 0.1) is 18.1 Å². The van der Waals surface area contributed by atoms with Crippen LogP contribution in [-0.2, 0) is 20.7 Å². The van der Waals surface area contributed by atoms with Crippen LogP contribution in [0.25, 0.3) is 29.9 Å². The molecule has 0 N–H and O–H groups in total. The zero-order valence-corrected chi connectivity index (χ0v) is 30.4. The average Bonchev–Trinajstić information content (AvgIpc) is 3.68. The summed E-state index contributed by atoms with van der Waals surface area (Å²) in [4.78, 5) is 28.3. The van der Waals surface area contributed by atoms with Gasteiger partial charge in [-0.2, -0.15) is 0 Å². The highest BCUT2D eigenvalue weighted by molar-refractivity contribution is 7.28. The molecule has 6 rings (SSSR count). The zero-order valence-electron chi connectivity index (χ0n) is 28.7. The fourth-order valence-electron chi connectivity index (χ4n) is 5.55. The first-order valence-electron chi connectivity index (χ1n) is 16.3. The van der Waals surface area contributed by atoms with Crippen LogP contribution in [0.2, 0.25) is 0 Å². The summed E-state index contributed by atoms with van der Waals surface area (Å²) in [6, 6.07) is 30.3. The number of hydrogen-bond donors (Lipinski definition) is 0. The minimum atomic E-state index is -0.940. The van der Waals surface area contributed by atoms with Gasteiger partial charge in [-0.05, 0) is 89.1 Å². The third kappa shape index (κ3) is 7.41. The summed E-state index contributed by atoms with van der Waals surface area (Å²) >= 11 is 2.94. The molecule has 0 radical (unpaired) electrons. The van der Waals surface area contributed by atoms with Crippen LogP contribution < -0.4 is 18.9 Å². The van der Waals surface area contributed by atoms with Crippen molar-refractivity contribution in [3.05, 3.63) is 108 Å². The van der Waals surface area contributed by atoms with E-state index in [9.17, 15) is 9.59 Å². The van der Waals surface area contributed by atoms with Gasteiger partial charge in [0.2, 0.25) is 0 Å². The fourth-order valence-corrected chi connectivity index (χ4v) is 7.82. The monoisotopic (exact) mass is 710 g/mol. The SMILES string of the molecule is CCOc1ccc2sc(-c3cc4c(OC(=O)OC(C)(C)c5ccccc5)c(OCC)ccc4s3)c(OC(=O)OC(C)(C)c3ccccc3)c2c1. The molecule has 0 aliphatic rings. The van der Waals surface area contributed by atoms with E-state index in [0.29, 0.717) is 46.1 Å². The maximum Gasteiger partial charge on any atom is 0.514 e. The Morgan fingerprint density at radius 3 is 1.70 bits per heavy atom. The molecule has 50 heavy (non-hydrogen) atoms. The van der Waals surface area contributed by atoms with Gasteiger partial charge in [0, 0.05) is 25.0 Å². The first-order chi connectivity index (χ1) is 24.0. The third-order valence-electron chi connectivity index (χ3n) is 8.05. The van der Waals surface area contributed by atoms with E-state index in [-0.39, 0.29) is 5.75 Å². The van der Waals surface area contributed by atoms with Gasteiger partial charge >= 0.3 is 12.3 Å². The number of ether oxygens (including phenoxy) is 6. The third-order valence-corrected chi connectivity index (χ3v) is 10.5. The molecule has 0 fully saturated rings. The number of fused-ring (bicyclic) bond motifs is 2. The molecule has 0 spiro atoms. The lowest BCUT2D eigenvalue weighted by molar-refractivity contribution is 0.00532. The topological polar surface area (TPSA) is 89.5 Å². The molecule has 258 valence electrons. The summed E-state index contributed by atoms with van der Waals surface area (Å²) in [5, 5.41) is 1.36. The lowest BCUT2D eigenvalue weighted by atomic mass is 9.98. The Bertz CT molecular complexity index is 2130. The number of thiophene rings is 2. The lowest BCUT2D eigenvalue weighted by Crippen LogP contribution is -2.27. The zero-order chi connectivity index (χ0) is 35.5. The van der Waals surface area contributed by atoms with Gasteiger partial charge in [-0.15, -0.1) is 22.7 Å². The van der Waals surface area contributed by atoms with E-state index in [1.54, 1.807) is 6.07 Å². The molecule has 0 bridgehead atoms. The van der Waals surface area contributed by atoms with Gasteiger partial charge < -0.3 is 28.4 Å². The van der Waals surface area contributed by atoms with Gasteiger partial charge in [0.25, 0.3) is 0 Å². The second-order valence-electron chi connectivity index (χ2n) is 12.4. The van der Waals surface area contributed by atoms with Crippen LogP contribution in [0.1, 0.15) is 52.7 Å². The molecule has 0 unspecified atom stereocenters. The van der Waals surface area contributed by atoms with E-state index in [0.717, 1.165) is 25.4 Å². The molecule has 0 amide bonds. The smallest absolute Gasteiger partial charge is 0.494 e. The fraction of sp³-hybridized carbons (Fsp3) is 0.250. The summed E-state index contributed by atoms with van der Waals surface area (Å²) in [5.74, 6) is 1.65. The van der Waals surface area contributed by atoms with Crippen molar-refractivity contribution in [2.24, 2.45) is 0 Å². The number of rotatable bonds is 11. The molecule has 0 saturated carbocycles. The van der Waals surface area contributed by atoms with Crippen LogP contribution in [0.5, 0.6) is 23.0 Å². The van der Waals surface area contributed by atoms with Crippen LogP contribution in [0.3, 0.4) is 0 Å². The maximum absolute atomic E-state index is 13.5. The first kappa shape index (κ1) is 34.8. The minimum absolute atomic E-state index is 0.243. The van der Waals surface area contributed by atoms with Crippen molar-refractivity contribution in [3.8, 4) is 32.8 Å². The summed E-state index contributed by atoms with van der Waals surface area (Å²) < 4.78 is 37.1. The van der Waals surface area contributed by atoms with Crippen molar-refractivity contribution in [2.75, 3.05) is 13.2 Å². The highest BCUT2D eigenvalue weighted by Crippen LogP contribution is 2.51. The molecular weight excluding hydrogens is 673 g/mol. The molecule has 4 aromatic carbocycles. The maximum atomic E-state index is 13.5. The van der Waals surface area contributed by atoms with Crippen LogP contribution in [0, 0.1) is 0 Å². The molecule has 0 aliphatic heterocycles. The highest BCUT2D eigenvalue weighted by Gasteiger charge is 2.30. The van der Waals surface area contributed by atoms with Gasteiger partial charge in [-0.1, -0.05) is 60.7 Å². The van der Waals surface area contributed by atoms with Crippen molar-refractivity contribution in [3.63, 3.8) is 0 Å². The van der Waals surface area contributed by atoms with Crippen molar-refractivity contribution in [1.29, 1.82) is 0 Å². The Kier molecular flexibility index (Phi) is 10.0. The average molecular weight is 711 g/mol. The van der Waals surface area contributed by atoms with Crippen molar-refractivity contribution in [1.82, 2.24) is 0 Å². The van der Waals surface area contributed by atoms with E-state index < -0.39 is 23.5 Å². The Labute approximate surface area is 299 Å². The predicted molar refractivity (Wildman–Crippen MR) is 198 cm³/mol. The Balaban J connectivity index is 1.38. The van der Waals surface area contributed by atoms with Gasteiger partial charge in [0.1, 0.15) is 17.0 Å². The van der Waals surface area contributed by atoms with Crippen LogP contribution >= 0.6 is 22.7 Å². The van der Waals surface area contributed by atoms with Gasteiger partial charge in [-0.3, -0.25) is 0 Å². The van der Waals surface area contributed by atoms with Crippen molar-refractivity contribution >= 4 is 55.2 Å². The molecule has 2 heterocycles. The van der Waals surface area contributed by atoms with Crippen LogP contribution in [0.15, 0.2) is 97.1 Å². The van der Waals surface area contributed by atoms with E-state index in [4.69, 9.17) is 28.4 Å². The number of carbonyl (C=O) groups is 2. The van der Waals surface area contributed by atoms with Crippen molar-refractivity contribution in [2.45, 2.75) is 52.7 Å². The molecule has 0 aliphatic carbocycles. The molecule has 8 nitrogen and oxygen atoms in total. The minimum Gasteiger partial charge on any atom is -0.494 e. The predicted octanol–water partition coefficient (Wildman–Crippen LogP) is 11.5. The normalized spacial score (nSPS) is 11.7. The van der Waals surface area contributed by atoms with E-state index >= 15 is 0 Å². The molecule has 0 atom stereocenters. The first-order valence-corrected chi connectivity index (χ1v) is 17.9. The second kappa shape index (κ2) is 14.4. The Hall–Kier alpha value is -5.06. The molecule has 10 heteroatoms. The van der Waals surface area contributed by atoms with Gasteiger partial charge in [-0.25, -0.2) is 9.59 Å². The summed E-state index contributed by atoms with van der Waals surface area (Å²) in [6.07, 6.45) is -1.70. The molecule has 6 aromatic rings. The van der Waals surface area contributed by atoms with Crippen LogP contribution in [-0.4, -0.2) is 25.5 Å². The van der Waals surface area contributed by atoms with Crippen molar-refractivity contribution < 1.29 is 38.0 Å². The van der Waals surface area contributed by atoms with E-state index in [1.165, 1.54) is 22.7 Å². The highest BCUT2D eigenvalue weighted by atomic mass is 32.1. The summed E-state index contributed by atoms with van der Waals surface area (Å²) in [6.45, 7) is 11.9. The molecule has 2 aromatic heterocycles. The standard InChI is InChI=1S/C40H38O8S2/c1-7-43-27-19-21-32-28(23-27)35(46-38(42)48-40(5,6)26-17-13-10-14-18-26)36(50-32)33-24-29-31(49-33)22-20-30(44-8-2)34(29)45-37(41)47-39(3,4)25-15-11-9-12-16-25/h9-24H,7-8H2,1-6H3. The summed E-state index contributed by atoms with van der Waals surface area (Å²) in [7, 11) is 0. The lowest BCUT2D eigenvalue weighted by Gasteiger charge is -2.25. The second-order valence-corrected chi connectivity index (χ2v) is 14.5. The Morgan fingerprint density at radius 1 is 0.600 bits per heavy atom. The number of carbonyl (C=O) groups excluding carboxylic acids is 2. The Morgan fingerprint density at radius 2 is 1.12 bits per heavy atom. The quantitative estimate of drug-likeness (QED) is 0.0969. The van der Waals surface area contributed by atoms with Gasteiger partial charge in [0.15, 0.2) is 17.2 Å². The molecule has 0 saturated heterocycles. The largest absolute Gasteiger partial charge is 0.514 e. The number of benzene rings is 4. The van der Waals surface area contributed by atoms with E-state index in [1.807, 2.05) is 133 Å². The summed E-state index contributed by atoms with van der Waals surface area (Å²) in [5.41, 5.74) is -0.220. The number of hydrogen-bond acceptors (Lipinski definition) is 10.